The van der Waals surface area contributed by atoms with Crippen molar-refractivity contribution in [2.75, 3.05) is 18.4 Å². The molecule has 1 unspecified atom stereocenters. The summed E-state index contributed by atoms with van der Waals surface area (Å²) < 4.78 is 9.10. The van der Waals surface area contributed by atoms with Gasteiger partial charge in [0, 0.05) is 24.3 Å². The van der Waals surface area contributed by atoms with Gasteiger partial charge >= 0.3 is 0 Å². The van der Waals surface area contributed by atoms with Gasteiger partial charge in [-0.25, -0.2) is 5.48 Å². The van der Waals surface area contributed by atoms with Crippen molar-refractivity contribution in [3.8, 4) is 5.75 Å². The maximum atomic E-state index is 15.1. The van der Waals surface area contributed by atoms with Crippen LogP contribution in [-0.2, 0) is 42.6 Å². The Morgan fingerprint density at radius 1 is 0.643 bits per heavy atom. The molecule has 0 saturated heterocycles. The first kappa shape index (κ1) is 55.7. The molecule has 4 aromatic carbocycles. The van der Waals surface area contributed by atoms with Crippen molar-refractivity contribution in [3.63, 3.8) is 0 Å². The summed E-state index contributed by atoms with van der Waals surface area (Å²) in [4.78, 5) is 27.7. The highest BCUT2D eigenvalue weighted by molar-refractivity contribution is 6.03. The van der Waals surface area contributed by atoms with Gasteiger partial charge in [-0.3, -0.25) is 14.8 Å². The summed E-state index contributed by atoms with van der Waals surface area (Å²) in [7, 11) is 0. The summed E-state index contributed by atoms with van der Waals surface area (Å²) >= 11 is 0. The normalized spacial score (nSPS) is 12.0. The molecule has 1 atom stereocenters. The minimum absolute atomic E-state index is 0.0489. The van der Waals surface area contributed by atoms with Crippen LogP contribution in [0.25, 0.3) is 0 Å². The highest BCUT2D eigenvalue weighted by Crippen LogP contribution is 2.36. The lowest BCUT2D eigenvalue weighted by Gasteiger charge is -2.31. The molecule has 0 aliphatic heterocycles. The Kier molecular flexibility index (Phi) is 24.8. The molecule has 0 fully saturated rings. The number of aromatic nitrogens is 1. The standard InChI is InChI=1S/C60H86N6O4/c1-3-4-5-6-7-8-9-17-28-47(2)70-58-50(31-20-10-12-26-41-61)43-54(44-51(58)32-21-11-13-27-42-62)64-59(68)56-45-49(37-38-57(67)65-69)55(66(56)46-48-29-18-14-19-30-48)39-40-60(63,52-33-22-15-23-34-52)53-35-24-16-25-36-53/h14-16,18-19,22-25,29-30,33-36,43-45,47,69H,3-13,17,20-21,26-28,31-32,37-42,46,61-63H2,1-2H3,(H,64,68)(H,65,67). The zero-order valence-electron chi connectivity index (χ0n) is 42.7. The quantitative estimate of drug-likeness (QED) is 0.0133. The Hall–Kier alpha value is -5.26. The lowest BCUT2D eigenvalue weighted by atomic mass is 9.79. The molecule has 380 valence electrons. The highest BCUT2D eigenvalue weighted by atomic mass is 16.5. The summed E-state index contributed by atoms with van der Waals surface area (Å²) in [5.41, 5.74) is 28.5. The van der Waals surface area contributed by atoms with E-state index in [4.69, 9.17) is 21.9 Å². The number of hydrogen-bond donors (Lipinski definition) is 6. The van der Waals surface area contributed by atoms with Crippen LogP contribution in [0.5, 0.6) is 5.75 Å². The number of nitrogens with two attached hydrogens (primary N) is 3. The van der Waals surface area contributed by atoms with E-state index in [0.29, 0.717) is 44.6 Å². The molecule has 1 aromatic heterocycles. The molecule has 5 aromatic rings. The summed E-state index contributed by atoms with van der Waals surface area (Å²) in [5, 5.41) is 12.9. The number of aryl methyl sites for hydroxylation is 3. The lowest BCUT2D eigenvalue weighted by Crippen LogP contribution is -2.38. The van der Waals surface area contributed by atoms with Crippen LogP contribution in [-0.4, -0.2) is 40.8 Å². The Bertz CT molecular complexity index is 2170. The van der Waals surface area contributed by atoms with Gasteiger partial charge in [0.25, 0.3) is 5.91 Å². The van der Waals surface area contributed by atoms with Crippen LogP contribution in [0.1, 0.15) is 185 Å². The zero-order valence-corrected chi connectivity index (χ0v) is 42.7. The van der Waals surface area contributed by atoms with Gasteiger partial charge in [0.05, 0.1) is 11.6 Å². The number of carbonyl (C=O) groups excluding carboxylic acids is 2. The number of nitrogens with zero attached hydrogens (tertiary/aromatic N) is 1. The lowest BCUT2D eigenvalue weighted by molar-refractivity contribution is -0.129. The van der Waals surface area contributed by atoms with Crippen LogP contribution in [0.3, 0.4) is 0 Å². The number of amides is 2. The van der Waals surface area contributed by atoms with Gasteiger partial charge in [-0.05, 0) is 142 Å². The molecule has 10 heteroatoms. The SMILES string of the molecule is CCCCCCCCCCC(C)Oc1c(CCCCCCN)cc(NC(=O)c2cc(CCC(=O)NO)c(CCC(N)(c3ccccc3)c3ccccc3)n2Cc2ccccc2)cc1CCCCCCN. The van der Waals surface area contributed by atoms with E-state index in [1.807, 2.05) is 60.7 Å². The second-order valence-corrected chi connectivity index (χ2v) is 19.5. The molecule has 10 nitrogen and oxygen atoms in total. The van der Waals surface area contributed by atoms with E-state index in [2.05, 4.69) is 72.3 Å². The molecule has 0 aliphatic carbocycles. The van der Waals surface area contributed by atoms with E-state index in [-0.39, 0.29) is 18.4 Å². The number of carbonyl (C=O) groups is 2. The fraction of sp³-hybridized carbons (Fsp3) is 0.500. The van der Waals surface area contributed by atoms with Gasteiger partial charge in [-0.15, -0.1) is 0 Å². The van der Waals surface area contributed by atoms with Crippen LogP contribution in [0.15, 0.2) is 109 Å². The minimum Gasteiger partial charge on any atom is -0.490 e. The van der Waals surface area contributed by atoms with Crippen LogP contribution in [0, 0.1) is 0 Å². The Balaban J connectivity index is 1.53. The Morgan fingerprint density at radius 2 is 1.16 bits per heavy atom. The van der Waals surface area contributed by atoms with E-state index in [0.717, 1.165) is 128 Å². The molecule has 0 aliphatic rings. The molecule has 9 N–H and O–H groups in total. The largest absolute Gasteiger partial charge is 0.490 e. The Morgan fingerprint density at radius 3 is 1.70 bits per heavy atom. The molecule has 0 spiro atoms. The predicted molar refractivity (Wildman–Crippen MR) is 289 cm³/mol. The molecular weight excluding hydrogens is 869 g/mol. The molecular formula is C60H86N6O4. The van der Waals surface area contributed by atoms with Crippen LogP contribution in [0.2, 0.25) is 0 Å². The van der Waals surface area contributed by atoms with Crippen molar-refractivity contribution in [1.82, 2.24) is 10.0 Å². The second kappa shape index (κ2) is 31.2. The van der Waals surface area contributed by atoms with E-state index in [9.17, 15) is 10.0 Å². The average molecular weight is 955 g/mol. The number of unbranched alkanes of at least 4 members (excludes halogenated alkanes) is 13. The van der Waals surface area contributed by atoms with Crippen LogP contribution < -0.4 is 32.7 Å². The van der Waals surface area contributed by atoms with Crippen molar-refractivity contribution in [1.29, 1.82) is 0 Å². The molecule has 0 saturated carbocycles. The van der Waals surface area contributed by atoms with Crippen LogP contribution >= 0.6 is 0 Å². The molecule has 0 bridgehead atoms. The molecule has 1 heterocycles. The molecule has 2 amide bonds. The van der Waals surface area contributed by atoms with Gasteiger partial charge in [0.2, 0.25) is 5.91 Å². The average Bonchev–Trinajstić information content (AvgIpc) is 3.73. The molecule has 5 rings (SSSR count). The zero-order chi connectivity index (χ0) is 49.8. The maximum absolute atomic E-state index is 15.1. The summed E-state index contributed by atoms with van der Waals surface area (Å²) in [5.74, 6) is 0.249. The summed E-state index contributed by atoms with van der Waals surface area (Å²) in [6, 6.07) is 36.7. The maximum Gasteiger partial charge on any atom is 0.272 e. The first-order valence-electron chi connectivity index (χ1n) is 26.8. The molecule has 70 heavy (non-hydrogen) atoms. The topological polar surface area (TPSA) is 171 Å². The number of ether oxygens (including phenoxy) is 1. The van der Waals surface area contributed by atoms with Crippen molar-refractivity contribution in [3.05, 3.63) is 154 Å². The van der Waals surface area contributed by atoms with E-state index in [1.54, 1.807) is 5.48 Å². The van der Waals surface area contributed by atoms with Gasteiger partial charge in [-0.2, -0.15) is 0 Å². The highest BCUT2D eigenvalue weighted by Gasteiger charge is 2.31. The van der Waals surface area contributed by atoms with Crippen molar-refractivity contribution in [2.24, 2.45) is 17.2 Å². The number of anilines is 1. The third-order valence-electron chi connectivity index (χ3n) is 13.9. The van der Waals surface area contributed by atoms with E-state index in [1.165, 1.54) is 44.9 Å². The summed E-state index contributed by atoms with van der Waals surface area (Å²) in [6.45, 7) is 6.30. The van der Waals surface area contributed by atoms with Gasteiger partial charge in [-0.1, -0.05) is 169 Å². The van der Waals surface area contributed by atoms with Crippen LogP contribution in [0.4, 0.5) is 5.69 Å². The predicted octanol–water partition coefficient (Wildman–Crippen LogP) is 12.5. The van der Waals surface area contributed by atoms with Gasteiger partial charge in [0.1, 0.15) is 11.4 Å². The fourth-order valence-electron chi connectivity index (χ4n) is 9.83. The monoisotopic (exact) mass is 955 g/mol. The van der Waals surface area contributed by atoms with Gasteiger partial charge < -0.3 is 31.8 Å². The number of hydroxylamine groups is 1. The number of nitrogens with one attached hydrogen (secondary N) is 2. The third-order valence-corrected chi connectivity index (χ3v) is 13.9. The second-order valence-electron chi connectivity index (χ2n) is 19.5. The van der Waals surface area contributed by atoms with E-state index >= 15 is 4.79 Å². The molecule has 0 radical (unpaired) electrons. The van der Waals surface area contributed by atoms with Crippen molar-refractivity contribution in [2.45, 2.75) is 180 Å². The summed E-state index contributed by atoms with van der Waals surface area (Å²) in [6.07, 6.45) is 22.7. The van der Waals surface area contributed by atoms with Crippen molar-refractivity contribution < 1.29 is 19.5 Å². The minimum atomic E-state index is -0.844. The Labute approximate surface area is 420 Å². The smallest absolute Gasteiger partial charge is 0.272 e. The first-order chi connectivity index (χ1) is 34.2. The first-order valence-corrected chi connectivity index (χ1v) is 26.8. The van der Waals surface area contributed by atoms with Crippen molar-refractivity contribution >= 4 is 17.5 Å². The van der Waals surface area contributed by atoms with E-state index < -0.39 is 11.4 Å². The fourth-order valence-corrected chi connectivity index (χ4v) is 9.83. The number of hydrogen-bond acceptors (Lipinski definition) is 7. The number of rotatable bonds is 35. The third kappa shape index (κ3) is 17.9. The number of benzene rings is 4. The van der Waals surface area contributed by atoms with Gasteiger partial charge in [0.15, 0.2) is 0 Å².